The molecule has 0 fully saturated rings. The lowest BCUT2D eigenvalue weighted by Crippen LogP contribution is -2.21. The van der Waals surface area contributed by atoms with Crippen molar-refractivity contribution in [3.63, 3.8) is 0 Å². The van der Waals surface area contributed by atoms with E-state index in [2.05, 4.69) is 19.2 Å². The summed E-state index contributed by atoms with van der Waals surface area (Å²) in [6, 6.07) is 7.29. The van der Waals surface area contributed by atoms with Gasteiger partial charge in [0.25, 0.3) is 0 Å². The van der Waals surface area contributed by atoms with Crippen LogP contribution in [0.3, 0.4) is 0 Å². The molecule has 1 amide bonds. The first-order valence-corrected chi connectivity index (χ1v) is 5.84. The molecule has 1 aromatic carbocycles. The van der Waals surface area contributed by atoms with Crippen LogP contribution in [-0.2, 0) is 4.79 Å². The SMILES string of the molecule is CC(C)CCOc1ccc(NC(=O)CN)cc1.Cl. The van der Waals surface area contributed by atoms with Gasteiger partial charge in [-0.2, -0.15) is 0 Å². The van der Waals surface area contributed by atoms with Crippen molar-refractivity contribution in [2.24, 2.45) is 11.7 Å². The Morgan fingerprint density at radius 2 is 1.94 bits per heavy atom. The molecule has 102 valence electrons. The molecule has 4 nitrogen and oxygen atoms in total. The summed E-state index contributed by atoms with van der Waals surface area (Å²) in [5.74, 6) is 1.26. The lowest BCUT2D eigenvalue weighted by atomic mass is 10.1. The topological polar surface area (TPSA) is 64.3 Å². The van der Waals surface area contributed by atoms with Crippen LogP contribution >= 0.6 is 12.4 Å². The van der Waals surface area contributed by atoms with E-state index in [9.17, 15) is 4.79 Å². The second kappa shape index (κ2) is 8.78. The molecule has 0 saturated heterocycles. The van der Waals surface area contributed by atoms with E-state index in [0.29, 0.717) is 12.5 Å². The first-order chi connectivity index (χ1) is 8.11. The second-order valence-corrected chi connectivity index (χ2v) is 4.31. The van der Waals surface area contributed by atoms with Crippen molar-refractivity contribution in [3.8, 4) is 5.75 Å². The van der Waals surface area contributed by atoms with E-state index in [0.717, 1.165) is 17.9 Å². The molecule has 1 aromatic rings. The van der Waals surface area contributed by atoms with Crippen LogP contribution in [0.15, 0.2) is 24.3 Å². The van der Waals surface area contributed by atoms with Crippen LogP contribution in [0.5, 0.6) is 5.75 Å². The van der Waals surface area contributed by atoms with Gasteiger partial charge in [0, 0.05) is 5.69 Å². The highest BCUT2D eigenvalue weighted by molar-refractivity contribution is 5.92. The summed E-state index contributed by atoms with van der Waals surface area (Å²) in [7, 11) is 0. The summed E-state index contributed by atoms with van der Waals surface area (Å²) < 4.78 is 5.57. The number of hydrogen-bond donors (Lipinski definition) is 2. The van der Waals surface area contributed by atoms with Gasteiger partial charge >= 0.3 is 0 Å². The van der Waals surface area contributed by atoms with Gasteiger partial charge in [0.05, 0.1) is 13.2 Å². The number of ether oxygens (including phenoxy) is 1. The molecule has 5 heteroatoms. The Labute approximate surface area is 114 Å². The molecule has 1 rings (SSSR count). The maximum absolute atomic E-state index is 11.0. The molecule has 0 aliphatic heterocycles. The molecule has 0 aromatic heterocycles. The maximum Gasteiger partial charge on any atom is 0.238 e. The minimum Gasteiger partial charge on any atom is -0.494 e. The molecule has 0 bridgehead atoms. The van der Waals surface area contributed by atoms with Crippen LogP contribution in [0.1, 0.15) is 20.3 Å². The van der Waals surface area contributed by atoms with Crippen LogP contribution in [0, 0.1) is 5.92 Å². The summed E-state index contributed by atoms with van der Waals surface area (Å²) in [6.07, 6.45) is 1.03. The summed E-state index contributed by atoms with van der Waals surface area (Å²) >= 11 is 0. The Balaban J connectivity index is 0.00000289. The van der Waals surface area contributed by atoms with Crippen molar-refractivity contribution < 1.29 is 9.53 Å². The molecule has 0 unspecified atom stereocenters. The summed E-state index contributed by atoms with van der Waals surface area (Å²) in [4.78, 5) is 11.0. The molecular formula is C13H21ClN2O2. The molecule has 0 heterocycles. The van der Waals surface area contributed by atoms with Crippen molar-refractivity contribution in [3.05, 3.63) is 24.3 Å². The number of carbonyl (C=O) groups is 1. The third kappa shape index (κ3) is 6.47. The van der Waals surface area contributed by atoms with Crippen LogP contribution in [0.25, 0.3) is 0 Å². The number of rotatable bonds is 6. The van der Waals surface area contributed by atoms with E-state index < -0.39 is 0 Å². The van der Waals surface area contributed by atoms with E-state index in [1.165, 1.54) is 0 Å². The molecule has 0 atom stereocenters. The van der Waals surface area contributed by atoms with Crippen LogP contribution in [0.2, 0.25) is 0 Å². The second-order valence-electron chi connectivity index (χ2n) is 4.31. The van der Waals surface area contributed by atoms with Crippen molar-refractivity contribution in [2.45, 2.75) is 20.3 Å². The lowest BCUT2D eigenvalue weighted by Gasteiger charge is -2.09. The maximum atomic E-state index is 11.0. The van der Waals surface area contributed by atoms with Crippen LogP contribution < -0.4 is 15.8 Å². The summed E-state index contributed by atoms with van der Waals surface area (Å²) in [5, 5.41) is 2.67. The highest BCUT2D eigenvalue weighted by atomic mass is 35.5. The Morgan fingerprint density at radius 3 is 2.44 bits per heavy atom. The van der Waals surface area contributed by atoms with Crippen molar-refractivity contribution in [1.82, 2.24) is 0 Å². The van der Waals surface area contributed by atoms with Crippen LogP contribution in [0.4, 0.5) is 5.69 Å². The average molecular weight is 273 g/mol. The number of hydrogen-bond acceptors (Lipinski definition) is 3. The van der Waals surface area contributed by atoms with Gasteiger partial charge in [0.1, 0.15) is 5.75 Å². The minimum absolute atomic E-state index is 0. The number of nitrogens with one attached hydrogen (secondary N) is 1. The molecule has 0 saturated carbocycles. The molecule has 0 spiro atoms. The van der Waals surface area contributed by atoms with E-state index in [1.54, 1.807) is 12.1 Å². The van der Waals surface area contributed by atoms with Gasteiger partial charge < -0.3 is 15.8 Å². The summed E-state index contributed by atoms with van der Waals surface area (Å²) in [6.45, 7) is 5.03. The first kappa shape index (κ1) is 16.7. The molecule has 0 aliphatic rings. The highest BCUT2D eigenvalue weighted by Crippen LogP contribution is 2.16. The molecule has 18 heavy (non-hydrogen) atoms. The molecule has 3 N–H and O–H groups in total. The Kier molecular flexibility index (Phi) is 8.16. The van der Waals surface area contributed by atoms with Crippen LogP contribution in [-0.4, -0.2) is 19.1 Å². The largest absolute Gasteiger partial charge is 0.494 e. The van der Waals surface area contributed by atoms with Gasteiger partial charge in [-0.05, 0) is 36.6 Å². The number of halogens is 1. The zero-order chi connectivity index (χ0) is 12.7. The standard InChI is InChI=1S/C13H20N2O2.ClH/c1-10(2)7-8-17-12-5-3-11(4-6-12)15-13(16)9-14;/h3-6,10H,7-9,14H2,1-2H3,(H,15,16);1H. The Bertz CT molecular complexity index is 353. The van der Waals surface area contributed by atoms with Crippen molar-refractivity contribution >= 4 is 24.0 Å². The predicted octanol–water partition coefficient (Wildman–Crippen LogP) is 2.43. The Hall–Kier alpha value is -1.26. The zero-order valence-electron chi connectivity index (χ0n) is 10.8. The fourth-order valence-corrected chi connectivity index (χ4v) is 1.26. The van der Waals surface area contributed by atoms with Gasteiger partial charge in [0.15, 0.2) is 0 Å². The average Bonchev–Trinajstić information content (AvgIpc) is 2.31. The first-order valence-electron chi connectivity index (χ1n) is 5.84. The van der Waals surface area contributed by atoms with E-state index in [4.69, 9.17) is 10.5 Å². The predicted molar refractivity (Wildman–Crippen MR) is 76.3 cm³/mol. The van der Waals surface area contributed by atoms with Gasteiger partial charge in [-0.1, -0.05) is 13.8 Å². The van der Waals surface area contributed by atoms with E-state index in [-0.39, 0.29) is 24.9 Å². The molecule has 0 aliphatic carbocycles. The third-order valence-electron chi connectivity index (χ3n) is 2.29. The van der Waals surface area contributed by atoms with E-state index in [1.807, 2.05) is 12.1 Å². The number of nitrogens with two attached hydrogens (primary N) is 1. The summed E-state index contributed by atoms with van der Waals surface area (Å²) in [5.41, 5.74) is 5.94. The zero-order valence-corrected chi connectivity index (χ0v) is 11.6. The lowest BCUT2D eigenvalue weighted by molar-refractivity contribution is -0.114. The monoisotopic (exact) mass is 272 g/mol. The van der Waals surface area contributed by atoms with Crippen molar-refractivity contribution in [2.75, 3.05) is 18.5 Å². The number of benzene rings is 1. The molecular weight excluding hydrogens is 252 g/mol. The third-order valence-corrected chi connectivity index (χ3v) is 2.29. The fraction of sp³-hybridized carbons (Fsp3) is 0.462. The van der Waals surface area contributed by atoms with Gasteiger partial charge in [0.2, 0.25) is 5.91 Å². The number of carbonyl (C=O) groups excluding carboxylic acids is 1. The van der Waals surface area contributed by atoms with Crippen molar-refractivity contribution in [1.29, 1.82) is 0 Å². The quantitative estimate of drug-likeness (QED) is 0.836. The Morgan fingerprint density at radius 1 is 1.33 bits per heavy atom. The number of anilines is 1. The van der Waals surface area contributed by atoms with E-state index >= 15 is 0 Å². The fourth-order valence-electron chi connectivity index (χ4n) is 1.26. The van der Waals surface area contributed by atoms with Gasteiger partial charge in [-0.3, -0.25) is 4.79 Å². The number of amides is 1. The normalized spacial score (nSPS) is 9.78. The minimum atomic E-state index is -0.196. The molecule has 0 radical (unpaired) electrons. The highest BCUT2D eigenvalue weighted by Gasteiger charge is 2.00. The van der Waals surface area contributed by atoms with Gasteiger partial charge in [-0.15, -0.1) is 12.4 Å². The smallest absolute Gasteiger partial charge is 0.238 e. The van der Waals surface area contributed by atoms with Gasteiger partial charge in [-0.25, -0.2) is 0 Å².